The summed E-state index contributed by atoms with van der Waals surface area (Å²) in [5.74, 6) is 0. The molecule has 0 aliphatic carbocycles. The van der Waals surface area contributed by atoms with Gasteiger partial charge in [-0.25, -0.2) is 15.0 Å². The van der Waals surface area contributed by atoms with E-state index in [9.17, 15) is 0 Å². The van der Waals surface area contributed by atoms with Gasteiger partial charge in [-0.3, -0.25) is 0 Å². The van der Waals surface area contributed by atoms with E-state index in [0.717, 1.165) is 50.9 Å². The lowest BCUT2D eigenvalue weighted by atomic mass is 9.95. The largest absolute Gasteiger partial charge is 0.248 e. The summed E-state index contributed by atoms with van der Waals surface area (Å²) in [5.41, 5.74) is 30.4. The Balaban J connectivity index is 0.000000135. The second-order valence-electron chi connectivity index (χ2n) is 21.0. The molecule has 0 radical (unpaired) electrons. The Hall–Kier alpha value is -9.57. The average molecular weight is 1030 g/mol. The molecule has 0 atom stereocenters. The van der Waals surface area contributed by atoms with Crippen molar-refractivity contribution in [1.82, 2.24) is 15.0 Å². The average Bonchev–Trinajstić information content (AvgIpc) is 3.53. The zero-order valence-corrected chi connectivity index (χ0v) is 47.2. The third kappa shape index (κ3) is 13.0. The highest BCUT2D eigenvalue weighted by molar-refractivity contribution is 5.81. The number of hydrogen-bond acceptors (Lipinski definition) is 3. The third-order valence-electron chi connectivity index (χ3n) is 14.6. The number of pyridine rings is 3. The van der Waals surface area contributed by atoms with Gasteiger partial charge >= 0.3 is 0 Å². The molecule has 0 fully saturated rings. The third-order valence-corrected chi connectivity index (χ3v) is 14.6. The molecule has 0 spiro atoms. The smallest absolute Gasteiger partial charge is 0.0718 e. The Morgan fingerprint density at radius 3 is 0.713 bits per heavy atom. The van der Waals surface area contributed by atoms with Crippen molar-refractivity contribution in [2.24, 2.45) is 0 Å². The van der Waals surface area contributed by atoms with E-state index in [1.807, 2.05) is 18.2 Å². The highest BCUT2D eigenvalue weighted by Gasteiger charge is 2.15. The van der Waals surface area contributed by atoms with Gasteiger partial charge in [-0.15, -0.1) is 0 Å². The molecule has 0 N–H and O–H groups in total. The summed E-state index contributed by atoms with van der Waals surface area (Å²) < 4.78 is 0. The fourth-order valence-electron chi connectivity index (χ4n) is 10.1. The first-order chi connectivity index (χ1) is 38.9. The van der Waals surface area contributed by atoms with Crippen LogP contribution in [0, 0.1) is 55.4 Å². The van der Waals surface area contributed by atoms with Crippen LogP contribution in [0.25, 0.3) is 101 Å². The van der Waals surface area contributed by atoms with E-state index in [2.05, 4.69) is 298 Å². The van der Waals surface area contributed by atoms with E-state index in [-0.39, 0.29) is 0 Å². The molecule has 9 aromatic carbocycles. The van der Waals surface area contributed by atoms with Crippen LogP contribution < -0.4 is 0 Å². The van der Waals surface area contributed by atoms with Gasteiger partial charge in [0.25, 0.3) is 0 Å². The van der Waals surface area contributed by atoms with Gasteiger partial charge in [0.15, 0.2) is 0 Å². The van der Waals surface area contributed by atoms with E-state index in [1.54, 1.807) is 0 Å². The van der Waals surface area contributed by atoms with E-state index in [0.29, 0.717) is 0 Å². The first-order valence-electron chi connectivity index (χ1n) is 27.6. The van der Waals surface area contributed by atoms with E-state index >= 15 is 0 Å². The van der Waals surface area contributed by atoms with Crippen LogP contribution in [0.1, 0.15) is 44.5 Å². The molecular weight excluding hydrogens is 967 g/mol. The van der Waals surface area contributed by atoms with Gasteiger partial charge < -0.3 is 0 Å². The fourth-order valence-corrected chi connectivity index (χ4v) is 10.1. The lowest BCUT2D eigenvalue weighted by Gasteiger charge is -2.14. The molecule has 0 aliphatic heterocycles. The van der Waals surface area contributed by atoms with Gasteiger partial charge in [0.2, 0.25) is 0 Å². The molecule has 0 amide bonds. The molecule has 3 heteroatoms. The van der Waals surface area contributed by atoms with E-state index < -0.39 is 0 Å². The molecule has 12 aromatic rings. The van der Waals surface area contributed by atoms with Crippen molar-refractivity contribution in [3.8, 4) is 101 Å². The van der Waals surface area contributed by atoms with Gasteiger partial charge in [-0.05, 0) is 166 Å². The topological polar surface area (TPSA) is 38.7 Å². The molecule has 3 heterocycles. The van der Waals surface area contributed by atoms with Crippen LogP contribution in [0.4, 0.5) is 0 Å². The van der Waals surface area contributed by atoms with Gasteiger partial charge in [0, 0.05) is 33.4 Å². The predicted octanol–water partition coefficient (Wildman–Crippen LogP) is 20.7. The number of benzene rings is 9. The summed E-state index contributed by atoms with van der Waals surface area (Å²) in [6.45, 7) is 17.2. The SMILES string of the molecule is Cc1ccc(C)c(-c2cc(-c3ccccc3)cc(-c3cc(C)ccc3C)n2)c1.Cc1ccc(C)c(-c2cc(-c3ccccc3)cc(-c3ccccc3)n2)c1.Cc1ccc(C)c(-c2cc(-c3ccccc3)nc(-c3ccccc3)c2)c1. The highest BCUT2D eigenvalue weighted by Crippen LogP contribution is 2.36. The number of rotatable bonds is 9. The van der Waals surface area contributed by atoms with Crippen LogP contribution in [0.5, 0.6) is 0 Å². The normalized spacial score (nSPS) is 10.8. The molecule has 80 heavy (non-hydrogen) atoms. The molecule has 0 unspecified atom stereocenters. The fraction of sp³-hybridized carbons (Fsp3) is 0.104. The molecule has 0 aliphatic rings. The van der Waals surface area contributed by atoms with E-state index in [1.165, 1.54) is 94.6 Å². The molecule has 0 saturated carbocycles. The Bertz CT molecular complexity index is 3700. The van der Waals surface area contributed by atoms with Crippen LogP contribution in [0.15, 0.2) is 261 Å². The zero-order chi connectivity index (χ0) is 55.5. The molecular formula is C77H67N3. The predicted molar refractivity (Wildman–Crippen MR) is 340 cm³/mol. The zero-order valence-electron chi connectivity index (χ0n) is 47.2. The minimum absolute atomic E-state index is 1.00. The van der Waals surface area contributed by atoms with E-state index in [4.69, 9.17) is 15.0 Å². The Labute approximate surface area is 474 Å². The van der Waals surface area contributed by atoms with Crippen LogP contribution in [-0.2, 0) is 0 Å². The van der Waals surface area contributed by atoms with Crippen molar-refractivity contribution >= 4 is 0 Å². The van der Waals surface area contributed by atoms with Crippen molar-refractivity contribution < 1.29 is 0 Å². The summed E-state index contributed by atoms with van der Waals surface area (Å²) in [6.07, 6.45) is 0. The molecule has 12 rings (SSSR count). The molecule has 3 aromatic heterocycles. The second-order valence-corrected chi connectivity index (χ2v) is 21.0. The number of nitrogens with zero attached hydrogens (tertiary/aromatic N) is 3. The monoisotopic (exact) mass is 1030 g/mol. The number of aryl methyl sites for hydroxylation is 8. The minimum atomic E-state index is 1.00. The number of hydrogen-bond donors (Lipinski definition) is 0. The van der Waals surface area contributed by atoms with Gasteiger partial charge in [0.1, 0.15) is 0 Å². The maximum absolute atomic E-state index is 5.10. The van der Waals surface area contributed by atoms with Crippen LogP contribution in [0.3, 0.4) is 0 Å². The molecule has 3 nitrogen and oxygen atoms in total. The lowest BCUT2D eigenvalue weighted by Crippen LogP contribution is -1.95. The first-order valence-corrected chi connectivity index (χ1v) is 27.6. The van der Waals surface area contributed by atoms with Gasteiger partial charge in [0.05, 0.1) is 34.2 Å². The Morgan fingerprint density at radius 1 is 0.175 bits per heavy atom. The second kappa shape index (κ2) is 24.8. The maximum atomic E-state index is 5.10. The van der Waals surface area contributed by atoms with Crippen molar-refractivity contribution in [1.29, 1.82) is 0 Å². The van der Waals surface area contributed by atoms with Crippen molar-refractivity contribution in [3.05, 3.63) is 305 Å². The Kier molecular flexibility index (Phi) is 16.7. The summed E-state index contributed by atoms with van der Waals surface area (Å²) in [4.78, 5) is 15.1. The quantitative estimate of drug-likeness (QED) is 0.145. The van der Waals surface area contributed by atoms with Crippen molar-refractivity contribution in [2.75, 3.05) is 0 Å². The maximum Gasteiger partial charge on any atom is 0.0718 e. The summed E-state index contributed by atoms with van der Waals surface area (Å²) >= 11 is 0. The van der Waals surface area contributed by atoms with Crippen molar-refractivity contribution in [2.45, 2.75) is 55.4 Å². The summed E-state index contributed by atoms with van der Waals surface area (Å²) in [7, 11) is 0. The highest BCUT2D eigenvalue weighted by atomic mass is 14.7. The van der Waals surface area contributed by atoms with Gasteiger partial charge in [-0.1, -0.05) is 229 Å². The van der Waals surface area contributed by atoms with Crippen molar-refractivity contribution in [3.63, 3.8) is 0 Å². The molecule has 0 saturated heterocycles. The summed E-state index contributed by atoms with van der Waals surface area (Å²) in [6, 6.07) is 91.7. The molecule has 390 valence electrons. The Morgan fingerprint density at radius 2 is 0.400 bits per heavy atom. The standard InChI is InChI=1S/C27H25N.2C25H21N/c1-18-10-12-20(3)24(14-18)26-16-23(22-8-6-5-7-9-22)17-27(28-26)25-15-19(2)11-13-21(25)4;1-18-13-14-19(2)23(15-18)22-16-24(20-9-5-3-6-10-20)26-25(17-22)21-11-7-4-8-12-21;1-18-13-14-19(2)23(15-18)25-17-22(20-9-5-3-6-10-20)16-24(26-25)21-11-7-4-8-12-21/h5-17H,1-4H3;2*3-17H,1-2H3. The van der Waals surface area contributed by atoms with Crippen LogP contribution >= 0.6 is 0 Å². The lowest BCUT2D eigenvalue weighted by molar-refractivity contribution is 1.27. The minimum Gasteiger partial charge on any atom is -0.248 e. The van der Waals surface area contributed by atoms with Crippen LogP contribution in [-0.4, -0.2) is 15.0 Å². The first kappa shape index (κ1) is 53.8. The number of aromatic nitrogens is 3. The van der Waals surface area contributed by atoms with Gasteiger partial charge in [-0.2, -0.15) is 0 Å². The van der Waals surface area contributed by atoms with Crippen LogP contribution in [0.2, 0.25) is 0 Å². The molecule has 0 bridgehead atoms. The summed E-state index contributed by atoms with van der Waals surface area (Å²) in [5, 5.41) is 0.